The van der Waals surface area contributed by atoms with Gasteiger partial charge in [-0.2, -0.15) is 0 Å². The molecule has 140 valence electrons. The highest BCUT2D eigenvalue weighted by Crippen LogP contribution is 2.20. The van der Waals surface area contributed by atoms with Crippen LogP contribution in [0, 0.1) is 0 Å². The number of hydrogen-bond donors (Lipinski definition) is 1. The summed E-state index contributed by atoms with van der Waals surface area (Å²) in [7, 11) is 3.25. The van der Waals surface area contributed by atoms with E-state index >= 15 is 0 Å². The van der Waals surface area contributed by atoms with Crippen LogP contribution in [0.25, 0.3) is 0 Å². The lowest BCUT2D eigenvalue weighted by Gasteiger charge is -2.09. The zero-order chi connectivity index (χ0) is 19.1. The molecule has 0 atom stereocenters. The highest BCUT2D eigenvalue weighted by molar-refractivity contribution is 7.99. The van der Waals surface area contributed by atoms with E-state index in [1.165, 1.54) is 11.8 Å². The molecule has 7 heteroatoms. The van der Waals surface area contributed by atoms with Gasteiger partial charge in [-0.1, -0.05) is 30.0 Å². The van der Waals surface area contributed by atoms with Crippen LogP contribution in [0.3, 0.4) is 0 Å². The molecule has 1 aromatic heterocycles. The third kappa shape index (κ3) is 5.27. The molecule has 0 fully saturated rings. The summed E-state index contributed by atoms with van der Waals surface area (Å²) in [6.07, 6.45) is 3.65. The van der Waals surface area contributed by atoms with Gasteiger partial charge >= 0.3 is 0 Å². The molecule has 3 rings (SSSR count). The Morgan fingerprint density at radius 3 is 2.63 bits per heavy atom. The minimum absolute atomic E-state index is 0.0905. The topological polar surface area (TPSA) is 65.4 Å². The number of nitrogens with one attached hydrogen (secondary N) is 1. The summed E-state index contributed by atoms with van der Waals surface area (Å²) in [4.78, 5) is 16.6. The van der Waals surface area contributed by atoms with Crippen molar-refractivity contribution in [3.05, 3.63) is 66.5 Å². The molecule has 0 bridgehead atoms. The molecule has 0 saturated heterocycles. The quantitative estimate of drug-likeness (QED) is 0.601. The van der Waals surface area contributed by atoms with Crippen molar-refractivity contribution in [1.82, 2.24) is 9.55 Å². The van der Waals surface area contributed by atoms with Crippen LogP contribution in [0.5, 0.6) is 11.5 Å². The zero-order valence-corrected chi connectivity index (χ0v) is 16.0. The van der Waals surface area contributed by atoms with Crippen molar-refractivity contribution < 1.29 is 14.3 Å². The van der Waals surface area contributed by atoms with E-state index < -0.39 is 0 Å². The standard InChI is InChI=1S/C20H21N3O3S/c1-25-17-8-6-15(7-9-17)13-23-11-10-21-20(23)27-14-19(24)22-16-4-3-5-18(12-16)26-2/h3-12H,13-14H2,1-2H3,(H,22,24). The van der Waals surface area contributed by atoms with Crippen molar-refractivity contribution in [3.63, 3.8) is 0 Å². The summed E-state index contributed by atoms with van der Waals surface area (Å²) in [6, 6.07) is 15.2. The second kappa shape index (κ2) is 9.14. The SMILES string of the molecule is COc1ccc(Cn2ccnc2SCC(=O)Nc2cccc(OC)c2)cc1. The third-order valence-corrected chi connectivity index (χ3v) is 4.88. The number of aromatic nitrogens is 2. The van der Waals surface area contributed by atoms with Gasteiger partial charge in [0.05, 0.1) is 20.0 Å². The second-order valence-corrected chi connectivity index (χ2v) is 6.70. The van der Waals surface area contributed by atoms with Gasteiger partial charge < -0.3 is 19.4 Å². The van der Waals surface area contributed by atoms with E-state index in [0.29, 0.717) is 18.0 Å². The van der Waals surface area contributed by atoms with Crippen molar-refractivity contribution in [2.24, 2.45) is 0 Å². The molecule has 0 aliphatic rings. The summed E-state index contributed by atoms with van der Waals surface area (Å²) < 4.78 is 12.4. The van der Waals surface area contributed by atoms with E-state index in [1.54, 1.807) is 26.5 Å². The zero-order valence-electron chi connectivity index (χ0n) is 15.2. The van der Waals surface area contributed by atoms with Crippen LogP contribution in [0.1, 0.15) is 5.56 Å². The molecule has 0 unspecified atom stereocenters. The van der Waals surface area contributed by atoms with Gasteiger partial charge in [0, 0.05) is 30.7 Å². The van der Waals surface area contributed by atoms with Gasteiger partial charge in [-0.25, -0.2) is 4.98 Å². The predicted molar refractivity (Wildman–Crippen MR) is 107 cm³/mol. The second-order valence-electron chi connectivity index (χ2n) is 5.75. The molecule has 0 radical (unpaired) electrons. The lowest BCUT2D eigenvalue weighted by Crippen LogP contribution is -2.14. The van der Waals surface area contributed by atoms with Crippen LogP contribution >= 0.6 is 11.8 Å². The van der Waals surface area contributed by atoms with Gasteiger partial charge in [0.15, 0.2) is 5.16 Å². The van der Waals surface area contributed by atoms with E-state index in [2.05, 4.69) is 10.3 Å². The number of methoxy groups -OCH3 is 2. The third-order valence-electron chi connectivity index (χ3n) is 3.88. The summed E-state index contributed by atoms with van der Waals surface area (Å²) in [6.45, 7) is 0.684. The number of thioether (sulfide) groups is 1. The van der Waals surface area contributed by atoms with E-state index in [-0.39, 0.29) is 11.7 Å². The maximum atomic E-state index is 12.2. The van der Waals surface area contributed by atoms with Crippen molar-refractivity contribution in [1.29, 1.82) is 0 Å². The number of imidazole rings is 1. The Bertz CT molecular complexity index is 893. The first-order chi connectivity index (χ1) is 13.2. The molecule has 1 amide bonds. The summed E-state index contributed by atoms with van der Waals surface area (Å²) in [5.41, 5.74) is 1.85. The Labute approximate surface area is 162 Å². The van der Waals surface area contributed by atoms with E-state index in [0.717, 1.165) is 16.5 Å². The van der Waals surface area contributed by atoms with Gasteiger partial charge in [0.1, 0.15) is 11.5 Å². The normalized spacial score (nSPS) is 10.4. The average Bonchev–Trinajstić information content (AvgIpc) is 3.14. The molecule has 1 N–H and O–H groups in total. The largest absolute Gasteiger partial charge is 0.497 e. The number of rotatable bonds is 8. The van der Waals surface area contributed by atoms with Crippen molar-refractivity contribution >= 4 is 23.4 Å². The Kier molecular flexibility index (Phi) is 6.38. The van der Waals surface area contributed by atoms with Gasteiger partial charge in [-0.15, -0.1) is 0 Å². The maximum Gasteiger partial charge on any atom is 0.234 e. The minimum atomic E-state index is -0.0905. The molecule has 0 spiro atoms. The van der Waals surface area contributed by atoms with E-state index in [4.69, 9.17) is 9.47 Å². The smallest absolute Gasteiger partial charge is 0.234 e. The molecule has 27 heavy (non-hydrogen) atoms. The lowest BCUT2D eigenvalue weighted by molar-refractivity contribution is -0.113. The highest BCUT2D eigenvalue weighted by atomic mass is 32.2. The molecular formula is C20H21N3O3S. The fraction of sp³-hybridized carbons (Fsp3) is 0.200. The number of ether oxygens (including phenoxy) is 2. The van der Waals surface area contributed by atoms with Crippen LogP contribution in [-0.2, 0) is 11.3 Å². The van der Waals surface area contributed by atoms with Gasteiger partial charge in [-0.3, -0.25) is 4.79 Å². The Hall–Kier alpha value is -2.93. The van der Waals surface area contributed by atoms with Crippen LogP contribution < -0.4 is 14.8 Å². The Balaban J connectivity index is 1.56. The molecule has 0 saturated carbocycles. The van der Waals surface area contributed by atoms with Crippen molar-refractivity contribution in [3.8, 4) is 11.5 Å². The maximum absolute atomic E-state index is 12.2. The average molecular weight is 383 g/mol. The molecule has 3 aromatic rings. The number of hydrogen-bond acceptors (Lipinski definition) is 5. The number of amides is 1. The van der Waals surface area contributed by atoms with Gasteiger partial charge in [0.25, 0.3) is 0 Å². The van der Waals surface area contributed by atoms with Gasteiger partial charge in [0.2, 0.25) is 5.91 Å². The molecule has 6 nitrogen and oxygen atoms in total. The monoisotopic (exact) mass is 383 g/mol. The first-order valence-electron chi connectivity index (χ1n) is 8.38. The van der Waals surface area contributed by atoms with Crippen LogP contribution in [0.2, 0.25) is 0 Å². The summed E-state index contributed by atoms with van der Waals surface area (Å²) in [5, 5.41) is 3.67. The Morgan fingerprint density at radius 2 is 1.89 bits per heavy atom. The number of carbonyl (C=O) groups excluding carboxylic acids is 1. The van der Waals surface area contributed by atoms with Crippen LogP contribution in [-0.4, -0.2) is 35.4 Å². The number of nitrogens with zero attached hydrogens (tertiary/aromatic N) is 2. The highest BCUT2D eigenvalue weighted by Gasteiger charge is 2.09. The lowest BCUT2D eigenvalue weighted by atomic mass is 10.2. The van der Waals surface area contributed by atoms with Crippen molar-refractivity contribution in [2.75, 3.05) is 25.3 Å². The van der Waals surface area contributed by atoms with Gasteiger partial charge in [-0.05, 0) is 29.8 Å². The molecule has 2 aromatic carbocycles. The first kappa shape index (κ1) is 18.8. The molecule has 0 aliphatic heterocycles. The molecule has 0 aliphatic carbocycles. The predicted octanol–water partition coefficient (Wildman–Crippen LogP) is 3.68. The first-order valence-corrected chi connectivity index (χ1v) is 9.37. The molecule has 1 heterocycles. The van der Waals surface area contributed by atoms with E-state index in [9.17, 15) is 4.79 Å². The molecular weight excluding hydrogens is 362 g/mol. The Morgan fingerprint density at radius 1 is 1.11 bits per heavy atom. The minimum Gasteiger partial charge on any atom is -0.497 e. The number of anilines is 1. The van der Waals surface area contributed by atoms with Crippen LogP contribution in [0.15, 0.2) is 66.1 Å². The van der Waals surface area contributed by atoms with Crippen LogP contribution in [0.4, 0.5) is 5.69 Å². The number of carbonyl (C=O) groups is 1. The van der Waals surface area contributed by atoms with Crippen molar-refractivity contribution in [2.45, 2.75) is 11.7 Å². The summed E-state index contributed by atoms with van der Waals surface area (Å²) in [5.74, 6) is 1.72. The number of benzene rings is 2. The fourth-order valence-corrected chi connectivity index (χ4v) is 3.27. The fourth-order valence-electron chi connectivity index (χ4n) is 2.51. The van der Waals surface area contributed by atoms with E-state index in [1.807, 2.05) is 53.2 Å². The summed E-state index contributed by atoms with van der Waals surface area (Å²) >= 11 is 1.40.